The van der Waals surface area contributed by atoms with Crippen molar-refractivity contribution < 1.29 is 47.9 Å². The Morgan fingerprint density at radius 2 is 0.837 bits per heavy atom. The lowest BCUT2D eigenvalue weighted by Gasteiger charge is -2.49. The van der Waals surface area contributed by atoms with Gasteiger partial charge in [-0.1, -0.05) is 13.3 Å². The van der Waals surface area contributed by atoms with Crippen molar-refractivity contribution in [3.8, 4) is 0 Å². The minimum Gasteiger partial charge on any atom is -0.478 e. The number of aliphatic carboxylic acids is 1. The zero-order valence-corrected chi connectivity index (χ0v) is 46.0. The average Bonchev–Trinajstić information content (AvgIpc) is 2.87. The van der Waals surface area contributed by atoms with E-state index in [9.17, 15) is 9.90 Å². The molecule has 0 saturated heterocycles. The minimum absolute atomic E-state index is 0.216. The number of carbonyl (C=O) groups is 1. The van der Waals surface area contributed by atoms with E-state index in [0.717, 1.165) is 0 Å². The maximum atomic E-state index is 12.8. The highest BCUT2D eigenvalue weighted by Gasteiger charge is 2.59. The van der Waals surface area contributed by atoms with Crippen LogP contribution < -0.4 is 0 Å². The van der Waals surface area contributed by atoms with Crippen molar-refractivity contribution in [1.82, 2.24) is 0 Å². The quantitative estimate of drug-likeness (QED) is 0.0898. The molecular formula is C28H74O11Si10. The van der Waals surface area contributed by atoms with Gasteiger partial charge in [0.2, 0.25) is 25.0 Å². The molecule has 1 N–H and O–H groups in total. The third-order valence-corrected chi connectivity index (χ3v) is 40.2. The van der Waals surface area contributed by atoms with Crippen molar-refractivity contribution in [2.24, 2.45) is 0 Å². The largest absolute Gasteiger partial charge is 0.502 e. The van der Waals surface area contributed by atoms with Gasteiger partial charge in [-0.05, 0) is 132 Å². The highest BCUT2D eigenvalue weighted by Crippen LogP contribution is 2.38. The normalized spacial score (nSPS) is 18.4. The summed E-state index contributed by atoms with van der Waals surface area (Å²) in [4.78, 5) is 12.8. The maximum absolute atomic E-state index is 12.8. The first-order valence-electron chi connectivity index (χ1n) is 17.6. The summed E-state index contributed by atoms with van der Waals surface area (Å²) in [6, 6.07) is 0. The molecule has 0 saturated carbocycles. The molecule has 0 fully saturated rings. The number of allylic oxidation sites excluding steroid dienone is 1. The Hall–Kier alpha value is 1.02. The molecule has 0 spiro atoms. The molecule has 0 aliphatic carbocycles. The zero-order chi connectivity index (χ0) is 38.9. The first-order chi connectivity index (χ1) is 21.8. The molecule has 0 bridgehead atoms. The topological polar surface area (TPSA) is 120 Å². The Labute approximate surface area is 314 Å². The van der Waals surface area contributed by atoms with Crippen LogP contribution in [0.15, 0.2) is 10.8 Å². The van der Waals surface area contributed by atoms with Crippen LogP contribution >= 0.6 is 0 Å². The van der Waals surface area contributed by atoms with E-state index in [-0.39, 0.29) is 22.8 Å². The van der Waals surface area contributed by atoms with E-state index in [1.165, 1.54) is 0 Å². The van der Waals surface area contributed by atoms with Gasteiger partial charge in [-0.25, -0.2) is 4.79 Å². The summed E-state index contributed by atoms with van der Waals surface area (Å²) in [5.74, 6) is -1.00. The van der Waals surface area contributed by atoms with Crippen molar-refractivity contribution in [2.45, 2.75) is 163 Å². The molecule has 0 aromatic carbocycles. The van der Waals surface area contributed by atoms with Gasteiger partial charge in [-0.2, -0.15) is 0 Å². The van der Waals surface area contributed by atoms with E-state index >= 15 is 0 Å². The maximum Gasteiger partial charge on any atom is 0.502 e. The molecule has 0 aromatic rings. The number of hydrogen-bond acceptors (Lipinski definition) is 10. The zero-order valence-electron chi connectivity index (χ0n) is 34.8. The van der Waals surface area contributed by atoms with Gasteiger partial charge < -0.3 is 43.1 Å². The average molecular weight is 868 g/mol. The fourth-order valence-electron chi connectivity index (χ4n) is 4.03. The van der Waals surface area contributed by atoms with Gasteiger partial charge in [0.05, 0.1) is 17.2 Å². The highest BCUT2D eigenvalue weighted by molar-refractivity contribution is 6.94. The fourth-order valence-corrected chi connectivity index (χ4v) is 29.7. The summed E-state index contributed by atoms with van der Waals surface area (Å²) in [5, 5.41) is 11.1. The van der Waals surface area contributed by atoms with E-state index in [1.54, 1.807) is 6.92 Å². The molecule has 3 unspecified atom stereocenters. The third-order valence-electron chi connectivity index (χ3n) is 8.20. The van der Waals surface area contributed by atoms with Gasteiger partial charge in [0.15, 0.2) is 25.0 Å². The van der Waals surface area contributed by atoms with Crippen LogP contribution in [0.25, 0.3) is 0 Å². The smallest absolute Gasteiger partial charge is 0.478 e. The second kappa shape index (κ2) is 20.1. The molecule has 0 aliphatic heterocycles. The van der Waals surface area contributed by atoms with Crippen LogP contribution in [0.3, 0.4) is 0 Å². The summed E-state index contributed by atoms with van der Waals surface area (Å²) in [5.41, 5.74) is -0.508. The van der Waals surface area contributed by atoms with Gasteiger partial charge in [-0.3, -0.25) is 0 Å². The molecule has 0 aromatic heterocycles. The van der Waals surface area contributed by atoms with E-state index in [1.807, 2.05) is 27.7 Å². The first-order valence-corrected chi connectivity index (χ1v) is 42.0. The summed E-state index contributed by atoms with van der Waals surface area (Å²) in [6.45, 7) is 41.9. The molecule has 49 heavy (non-hydrogen) atoms. The number of hydrogen-bond donors (Lipinski definition) is 1. The van der Waals surface area contributed by atoms with Crippen LogP contribution in [-0.2, 0) is 42.8 Å². The summed E-state index contributed by atoms with van der Waals surface area (Å²) >= 11 is 0. The lowest BCUT2D eigenvalue weighted by atomic mass is 10.2. The Bertz CT molecular complexity index is 959. The Kier molecular flexibility index (Phi) is 20.5. The Morgan fingerprint density at radius 1 is 0.571 bits per heavy atom. The lowest BCUT2D eigenvalue weighted by molar-refractivity contribution is -0.132. The van der Waals surface area contributed by atoms with Crippen molar-refractivity contribution in [3.63, 3.8) is 0 Å². The molecule has 0 aliphatic rings. The summed E-state index contributed by atoms with van der Waals surface area (Å²) < 4.78 is 60.2. The SMILES string of the molecule is CCC/C(=C(/C)C(=O)O)[Si](O[Si](C)(C)C(C)O[SiH2]O[Si](C)(C)C)(O[Si](C)(C)C(C)O[SiH2]O[Si](C)(C)C)O[Si](C)(C)C(C)O[SiH2]O[Si](C)(C)C. The molecule has 21 heteroatoms. The monoisotopic (exact) mass is 866 g/mol. The van der Waals surface area contributed by atoms with Crippen molar-refractivity contribution in [2.75, 3.05) is 0 Å². The molecular weight excluding hydrogens is 793 g/mol. The fraction of sp³-hybridized carbons (Fsp3) is 0.893. The summed E-state index contributed by atoms with van der Waals surface area (Å²) in [7, 11) is -21.4. The number of carboxylic acids is 1. The van der Waals surface area contributed by atoms with Crippen molar-refractivity contribution in [1.29, 1.82) is 0 Å². The predicted molar refractivity (Wildman–Crippen MR) is 227 cm³/mol. The van der Waals surface area contributed by atoms with Gasteiger partial charge in [-0.15, -0.1) is 0 Å². The molecule has 0 radical (unpaired) electrons. The van der Waals surface area contributed by atoms with E-state index in [2.05, 4.69) is 98.2 Å². The van der Waals surface area contributed by atoms with E-state index in [4.69, 9.17) is 38.0 Å². The second-order valence-electron chi connectivity index (χ2n) is 17.4. The Balaban J connectivity index is 7.35. The predicted octanol–water partition coefficient (Wildman–Crippen LogP) is 5.71. The van der Waals surface area contributed by atoms with Crippen LogP contribution in [0.1, 0.15) is 47.5 Å². The minimum atomic E-state index is -4.00. The lowest BCUT2D eigenvalue weighted by Crippen LogP contribution is -2.69. The highest BCUT2D eigenvalue weighted by atomic mass is 28.5. The van der Waals surface area contributed by atoms with Crippen LogP contribution in [0.5, 0.6) is 0 Å². The molecule has 0 amide bonds. The molecule has 0 rings (SSSR count). The number of rotatable bonds is 25. The molecule has 11 nitrogen and oxygen atoms in total. The first kappa shape index (κ1) is 50.0. The van der Waals surface area contributed by atoms with Gasteiger partial charge in [0.25, 0.3) is 30.0 Å². The Morgan fingerprint density at radius 3 is 1.04 bits per heavy atom. The van der Waals surface area contributed by atoms with Gasteiger partial charge >= 0.3 is 14.8 Å². The molecule has 3 atom stereocenters. The van der Waals surface area contributed by atoms with Crippen molar-refractivity contribution >= 4 is 94.7 Å². The van der Waals surface area contributed by atoms with Gasteiger partial charge in [0.1, 0.15) is 0 Å². The summed E-state index contributed by atoms with van der Waals surface area (Å²) in [6.07, 6.45) is 1.17. The van der Waals surface area contributed by atoms with Gasteiger partial charge in [0, 0.05) is 10.8 Å². The molecule has 0 heterocycles. The van der Waals surface area contributed by atoms with Crippen LogP contribution in [-0.4, -0.2) is 117 Å². The number of carboxylic acid groups (broad SMARTS) is 1. The van der Waals surface area contributed by atoms with Crippen LogP contribution in [0, 0.1) is 0 Å². The van der Waals surface area contributed by atoms with Crippen molar-refractivity contribution in [3.05, 3.63) is 10.8 Å². The van der Waals surface area contributed by atoms with E-state index < -0.39 is 94.7 Å². The standard InChI is InChI=1S/C28H74O11Si10/c1-21-22-27(23(2)28(29)30)49(37-46(15,16)24(3)31-40-34-43(6,7)8,38-47(17,18)25(4)32-41-35-44(9,10)11)39-48(19,20)26(5)33-42-36-45(12,13)14/h24-26H,21-22,40-42H2,1-20H3,(H,29,30)/b27-23+. The van der Waals surface area contributed by atoms with Crippen LogP contribution in [0.4, 0.5) is 0 Å². The van der Waals surface area contributed by atoms with E-state index in [0.29, 0.717) is 18.0 Å². The third kappa shape index (κ3) is 19.3. The molecule has 292 valence electrons. The second-order valence-corrected chi connectivity index (χ2v) is 51.5. The van der Waals surface area contributed by atoms with Crippen LogP contribution in [0.2, 0.25) is 98.2 Å².